The van der Waals surface area contributed by atoms with E-state index in [-0.39, 0.29) is 11.7 Å². The molecule has 0 atom stereocenters. The fourth-order valence-corrected chi connectivity index (χ4v) is 1.94. The highest BCUT2D eigenvalue weighted by Crippen LogP contribution is 2.26. The third kappa shape index (κ3) is 4.23. The lowest BCUT2D eigenvalue weighted by molar-refractivity contribution is 0.0952. The number of ether oxygens (including phenoxy) is 2. The Balaban J connectivity index is 2.06. The number of hydrazone groups is 1. The van der Waals surface area contributed by atoms with Gasteiger partial charge in [0.2, 0.25) is 0 Å². The summed E-state index contributed by atoms with van der Waals surface area (Å²) in [7, 11) is 1.50. The number of rotatable bonds is 6. The number of amides is 1. The Hall–Kier alpha value is -3.02. The van der Waals surface area contributed by atoms with Crippen molar-refractivity contribution in [3.8, 4) is 17.2 Å². The van der Waals surface area contributed by atoms with Gasteiger partial charge in [-0.3, -0.25) is 4.79 Å². The molecule has 2 rings (SSSR count). The summed E-state index contributed by atoms with van der Waals surface area (Å²) < 4.78 is 10.4. The van der Waals surface area contributed by atoms with E-state index in [1.54, 1.807) is 36.4 Å². The molecule has 0 heterocycles. The van der Waals surface area contributed by atoms with E-state index < -0.39 is 0 Å². The lowest BCUT2D eigenvalue weighted by Crippen LogP contribution is -2.18. The standard InChI is InChI=1S/C17H18N2O4/c1-3-23-16-10-12(8-9-14(16)20)11-18-19-17(21)13-6-4-5-7-15(13)22-2/h4-11,20H,3H2,1-2H3,(H,19,21)/b18-11-. The molecule has 0 radical (unpaired) electrons. The molecule has 0 aliphatic rings. The molecule has 120 valence electrons. The van der Waals surface area contributed by atoms with Gasteiger partial charge in [-0.15, -0.1) is 0 Å². The minimum Gasteiger partial charge on any atom is -0.504 e. The minimum atomic E-state index is -0.373. The normalized spacial score (nSPS) is 10.5. The monoisotopic (exact) mass is 314 g/mol. The van der Waals surface area contributed by atoms with Gasteiger partial charge >= 0.3 is 0 Å². The maximum Gasteiger partial charge on any atom is 0.275 e. The SMILES string of the molecule is CCOc1cc(/C=N\NC(=O)c2ccccc2OC)ccc1O. The molecule has 0 aromatic heterocycles. The van der Waals surface area contributed by atoms with Gasteiger partial charge in [0, 0.05) is 0 Å². The van der Waals surface area contributed by atoms with Crippen LogP contribution in [0.2, 0.25) is 0 Å². The molecule has 23 heavy (non-hydrogen) atoms. The summed E-state index contributed by atoms with van der Waals surface area (Å²) in [6.45, 7) is 2.27. The van der Waals surface area contributed by atoms with Crippen LogP contribution < -0.4 is 14.9 Å². The van der Waals surface area contributed by atoms with E-state index in [1.165, 1.54) is 19.4 Å². The molecule has 0 spiro atoms. The summed E-state index contributed by atoms with van der Waals surface area (Å²) in [5.41, 5.74) is 3.52. The number of hydrogen-bond acceptors (Lipinski definition) is 5. The molecule has 1 amide bonds. The van der Waals surface area contributed by atoms with E-state index in [9.17, 15) is 9.90 Å². The second-order valence-electron chi connectivity index (χ2n) is 4.56. The number of para-hydroxylation sites is 1. The van der Waals surface area contributed by atoms with Crippen molar-refractivity contribution in [2.45, 2.75) is 6.92 Å². The minimum absolute atomic E-state index is 0.0575. The van der Waals surface area contributed by atoms with Crippen LogP contribution in [0.1, 0.15) is 22.8 Å². The fourth-order valence-electron chi connectivity index (χ4n) is 1.94. The average molecular weight is 314 g/mol. The number of benzene rings is 2. The van der Waals surface area contributed by atoms with Gasteiger partial charge in [0.25, 0.3) is 5.91 Å². The molecule has 0 unspecified atom stereocenters. The van der Waals surface area contributed by atoms with Crippen LogP contribution in [0.4, 0.5) is 0 Å². The zero-order valence-electron chi connectivity index (χ0n) is 12.9. The highest BCUT2D eigenvalue weighted by atomic mass is 16.5. The quantitative estimate of drug-likeness (QED) is 0.634. The Labute approximate surface area is 134 Å². The molecule has 0 fully saturated rings. The Morgan fingerprint density at radius 3 is 2.78 bits per heavy atom. The van der Waals surface area contributed by atoms with Crippen molar-refractivity contribution in [2.24, 2.45) is 5.10 Å². The van der Waals surface area contributed by atoms with Crippen molar-refractivity contribution in [1.29, 1.82) is 0 Å². The number of nitrogens with one attached hydrogen (secondary N) is 1. The average Bonchev–Trinajstić information content (AvgIpc) is 2.57. The Bertz CT molecular complexity index is 713. The molecule has 2 aromatic carbocycles. The molecule has 0 aliphatic carbocycles. The van der Waals surface area contributed by atoms with Crippen molar-refractivity contribution >= 4 is 12.1 Å². The van der Waals surface area contributed by atoms with Crippen molar-refractivity contribution < 1.29 is 19.4 Å². The summed E-state index contributed by atoms with van der Waals surface area (Å²) in [6.07, 6.45) is 1.47. The Morgan fingerprint density at radius 2 is 2.04 bits per heavy atom. The number of aromatic hydroxyl groups is 1. The van der Waals surface area contributed by atoms with Gasteiger partial charge in [-0.05, 0) is 42.8 Å². The zero-order valence-corrected chi connectivity index (χ0v) is 12.9. The predicted octanol–water partition coefficient (Wildman–Crippen LogP) is 2.56. The van der Waals surface area contributed by atoms with Crippen LogP contribution in [0.15, 0.2) is 47.6 Å². The number of methoxy groups -OCH3 is 1. The smallest absolute Gasteiger partial charge is 0.275 e. The summed E-state index contributed by atoms with van der Waals surface area (Å²) in [6, 6.07) is 11.7. The van der Waals surface area contributed by atoms with Gasteiger partial charge in [0.1, 0.15) is 5.75 Å². The molecule has 0 bridgehead atoms. The van der Waals surface area contributed by atoms with E-state index >= 15 is 0 Å². The van der Waals surface area contributed by atoms with Crippen LogP contribution in [-0.2, 0) is 0 Å². The topological polar surface area (TPSA) is 80.2 Å². The van der Waals surface area contributed by atoms with Gasteiger partial charge in [-0.1, -0.05) is 12.1 Å². The molecule has 6 nitrogen and oxygen atoms in total. The summed E-state index contributed by atoms with van der Waals surface area (Å²) in [5.74, 6) is 0.528. The molecule has 6 heteroatoms. The number of phenols is 1. The maximum atomic E-state index is 12.1. The van der Waals surface area contributed by atoms with Crippen molar-refractivity contribution in [3.63, 3.8) is 0 Å². The van der Waals surface area contributed by atoms with Crippen LogP contribution in [0.3, 0.4) is 0 Å². The summed E-state index contributed by atoms with van der Waals surface area (Å²) >= 11 is 0. The number of carbonyl (C=O) groups is 1. The number of nitrogens with zero attached hydrogens (tertiary/aromatic N) is 1. The first-order valence-electron chi connectivity index (χ1n) is 7.08. The van der Waals surface area contributed by atoms with Gasteiger partial charge in [-0.25, -0.2) is 5.43 Å². The van der Waals surface area contributed by atoms with E-state index in [0.29, 0.717) is 29.2 Å². The van der Waals surface area contributed by atoms with E-state index in [0.717, 1.165) is 0 Å². The molecular formula is C17H18N2O4. The van der Waals surface area contributed by atoms with Crippen LogP contribution >= 0.6 is 0 Å². The van der Waals surface area contributed by atoms with Crippen LogP contribution in [0.25, 0.3) is 0 Å². The van der Waals surface area contributed by atoms with Gasteiger partial charge in [0.15, 0.2) is 11.5 Å². The Kier molecular flexibility index (Phi) is 5.57. The van der Waals surface area contributed by atoms with Crippen LogP contribution in [0.5, 0.6) is 17.2 Å². The van der Waals surface area contributed by atoms with E-state index in [1.807, 2.05) is 6.92 Å². The zero-order chi connectivity index (χ0) is 16.7. The first kappa shape index (κ1) is 16.4. The number of carbonyl (C=O) groups excluding carboxylic acids is 1. The predicted molar refractivity (Wildman–Crippen MR) is 87.3 cm³/mol. The molecule has 2 N–H and O–H groups in total. The van der Waals surface area contributed by atoms with Gasteiger partial charge in [-0.2, -0.15) is 5.10 Å². The molecule has 0 aliphatic heterocycles. The Morgan fingerprint density at radius 1 is 1.26 bits per heavy atom. The van der Waals surface area contributed by atoms with Gasteiger partial charge < -0.3 is 14.6 Å². The number of hydrogen-bond donors (Lipinski definition) is 2. The second kappa shape index (κ2) is 7.84. The van der Waals surface area contributed by atoms with E-state index in [4.69, 9.17) is 9.47 Å². The highest BCUT2D eigenvalue weighted by Gasteiger charge is 2.10. The summed E-state index contributed by atoms with van der Waals surface area (Å²) in [5, 5.41) is 13.5. The third-order valence-electron chi connectivity index (χ3n) is 3.02. The highest BCUT2D eigenvalue weighted by molar-refractivity contribution is 5.97. The lowest BCUT2D eigenvalue weighted by Gasteiger charge is -2.07. The largest absolute Gasteiger partial charge is 0.504 e. The maximum absolute atomic E-state index is 12.1. The van der Waals surface area contributed by atoms with Gasteiger partial charge in [0.05, 0.1) is 25.5 Å². The number of phenolic OH excluding ortho intramolecular Hbond substituents is 1. The van der Waals surface area contributed by atoms with Crippen molar-refractivity contribution in [3.05, 3.63) is 53.6 Å². The molecular weight excluding hydrogens is 296 g/mol. The third-order valence-corrected chi connectivity index (χ3v) is 3.02. The van der Waals surface area contributed by atoms with Crippen LogP contribution in [-0.4, -0.2) is 30.9 Å². The molecule has 0 saturated heterocycles. The first-order valence-corrected chi connectivity index (χ1v) is 7.08. The lowest BCUT2D eigenvalue weighted by atomic mass is 10.2. The molecule has 0 saturated carbocycles. The van der Waals surface area contributed by atoms with Crippen LogP contribution in [0, 0.1) is 0 Å². The first-order chi connectivity index (χ1) is 11.2. The molecule has 2 aromatic rings. The van der Waals surface area contributed by atoms with Crippen molar-refractivity contribution in [1.82, 2.24) is 5.43 Å². The second-order valence-corrected chi connectivity index (χ2v) is 4.56. The summed E-state index contributed by atoms with van der Waals surface area (Å²) in [4.78, 5) is 12.1. The van der Waals surface area contributed by atoms with Crippen molar-refractivity contribution in [2.75, 3.05) is 13.7 Å². The van der Waals surface area contributed by atoms with E-state index in [2.05, 4.69) is 10.5 Å². The fraction of sp³-hybridized carbons (Fsp3) is 0.176.